The fraction of sp³-hybridized carbons (Fsp3) is 0.429. The molecule has 1 aliphatic carbocycles. The zero-order valence-corrected chi connectivity index (χ0v) is 10.7. The molecular weight excluding hydrogens is 249 g/mol. The van der Waals surface area contributed by atoms with Gasteiger partial charge in [0.1, 0.15) is 5.82 Å². The molecule has 1 saturated carbocycles. The van der Waals surface area contributed by atoms with Crippen LogP contribution in [0.4, 0.5) is 4.39 Å². The summed E-state index contributed by atoms with van der Waals surface area (Å²) in [4.78, 5) is 24.5. The summed E-state index contributed by atoms with van der Waals surface area (Å²) in [6.45, 7) is 2.63. The predicted molar refractivity (Wildman–Crippen MR) is 66.7 cm³/mol. The van der Waals surface area contributed by atoms with Crippen LogP contribution in [0.3, 0.4) is 0 Å². The van der Waals surface area contributed by atoms with Gasteiger partial charge < -0.3 is 10.0 Å². The van der Waals surface area contributed by atoms with E-state index in [1.165, 1.54) is 12.1 Å². The number of benzene rings is 1. The number of nitrogens with zero attached hydrogens (tertiary/aromatic N) is 1. The van der Waals surface area contributed by atoms with Crippen molar-refractivity contribution in [1.29, 1.82) is 0 Å². The van der Waals surface area contributed by atoms with Gasteiger partial charge in [0.05, 0.1) is 11.8 Å². The molecule has 2 unspecified atom stereocenters. The van der Waals surface area contributed by atoms with Gasteiger partial charge in [-0.15, -0.1) is 0 Å². The number of aliphatic carboxylic acids is 1. The van der Waals surface area contributed by atoms with E-state index in [9.17, 15) is 14.0 Å². The summed E-state index contributed by atoms with van der Waals surface area (Å²) < 4.78 is 13.1. The van der Waals surface area contributed by atoms with Crippen molar-refractivity contribution in [2.24, 2.45) is 11.8 Å². The standard InChI is InChI=1S/C14H16FNO3/c1-2-16(8-9-4-3-5-10(15)6-9)13(17)11-7-12(11)14(18)19/h3-6,11-12H,2,7-8H2,1H3,(H,18,19). The Morgan fingerprint density at radius 1 is 1.42 bits per heavy atom. The van der Waals surface area contributed by atoms with Gasteiger partial charge in [-0.1, -0.05) is 12.1 Å². The van der Waals surface area contributed by atoms with Crippen molar-refractivity contribution < 1.29 is 19.1 Å². The molecule has 0 radical (unpaired) electrons. The predicted octanol–water partition coefficient (Wildman–Crippen LogP) is 1.89. The van der Waals surface area contributed by atoms with E-state index in [1.54, 1.807) is 17.0 Å². The zero-order valence-electron chi connectivity index (χ0n) is 10.7. The van der Waals surface area contributed by atoms with Crippen molar-refractivity contribution in [2.75, 3.05) is 6.54 Å². The Morgan fingerprint density at radius 2 is 2.16 bits per heavy atom. The lowest BCUT2D eigenvalue weighted by atomic mass is 10.2. The van der Waals surface area contributed by atoms with Crippen LogP contribution in [-0.2, 0) is 16.1 Å². The number of carboxylic acids is 1. The average Bonchev–Trinajstić information content (AvgIpc) is 3.15. The fourth-order valence-electron chi connectivity index (χ4n) is 2.18. The van der Waals surface area contributed by atoms with E-state index in [0.29, 0.717) is 25.1 Å². The van der Waals surface area contributed by atoms with Gasteiger partial charge in [-0.3, -0.25) is 9.59 Å². The number of hydrogen-bond acceptors (Lipinski definition) is 2. The second kappa shape index (κ2) is 5.38. The van der Waals surface area contributed by atoms with Crippen molar-refractivity contribution in [1.82, 2.24) is 4.90 Å². The van der Waals surface area contributed by atoms with Crippen LogP contribution in [0.1, 0.15) is 18.9 Å². The van der Waals surface area contributed by atoms with Crippen LogP contribution in [0.25, 0.3) is 0 Å². The average molecular weight is 265 g/mol. The third kappa shape index (κ3) is 3.10. The highest BCUT2D eigenvalue weighted by atomic mass is 19.1. The highest BCUT2D eigenvalue weighted by molar-refractivity contribution is 5.89. The molecule has 0 heterocycles. The molecule has 5 heteroatoms. The van der Waals surface area contributed by atoms with Gasteiger partial charge in [0.2, 0.25) is 5.91 Å². The van der Waals surface area contributed by atoms with Gasteiger partial charge in [0.25, 0.3) is 0 Å². The van der Waals surface area contributed by atoms with Gasteiger partial charge in [-0.25, -0.2) is 4.39 Å². The SMILES string of the molecule is CCN(Cc1cccc(F)c1)C(=O)C1CC1C(=O)O. The molecule has 2 atom stereocenters. The second-order valence-corrected chi connectivity index (χ2v) is 4.77. The molecule has 2 rings (SSSR count). The molecule has 0 aliphatic heterocycles. The number of carboxylic acid groups (broad SMARTS) is 1. The maximum Gasteiger partial charge on any atom is 0.307 e. The summed E-state index contributed by atoms with van der Waals surface area (Å²) in [6, 6.07) is 6.08. The van der Waals surface area contributed by atoms with E-state index in [-0.39, 0.29) is 11.7 Å². The molecule has 1 fully saturated rings. The normalized spacial score (nSPS) is 20.9. The quantitative estimate of drug-likeness (QED) is 0.884. The molecule has 0 aromatic heterocycles. The lowest BCUT2D eigenvalue weighted by Gasteiger charge is -2.21. The molecule has 0 spiro atoms. The topological polar surface area (TPSA) is 57.6 Å². The Labute approximate surface area is 110 Å². The molecule has 102 valence electrons. The van der Waals surface area contributed by atoms with Gasteiger partial charge in [0.15, 0.2) is 0 Å². The number of amides is 1. The van der Waals surface area contributed by atoms with Crippen molar-refractivity contribution in [3.05, 3.63) is 35.6 Å². The number of carbonyl (C=O) groups excluding carboxylic acids is 1. The fourth-order valence-corrected chi connectivity index (χ4v) is 2.18. The van der Waals surface area contributed by atoms with Crippen LogP contribution in [0.15, 0.2) is 24.3 Å². The van der Waals surface area contributed by atoms with Gasteiger partial charge in [-0.05, 0) is 31.0 Å². The van der Waals surface area contributed by atoms with E-state index in [4.69, 9.17) is 5.11 Å². The molecule has 1 aromatic rings. The third-order valence-corrected chi connectivity index (χ3v) is 3.38. The minimum atomic E-state index is -0.917. The van der Waals surface area contributed by atoms with E-state index >= 15 is 0 Å². The third-order valence-electron chi connectivity index (χ3n) is 3.38. The Bertz CT molecular complexity index is 503. The van der Waals surface area contributed by atoms with Gasteiger partial charge in [-0.2, -0.15) is 0 Å². The number of hydrogen-bond donors (Lipinski definition) is 1. The summed E-state index contributed by atoms with van der Waals surface area (Å²) in [5.74, 6) is -2.37. The van der Waals surface area contributed by atoms with Crippen molar-refractivity contribution in [3.63, 3.8) is 0 Å². The van der Waals surface area contributed by atoms with Gasteiger partial charge >= 0.3 is 5.97 Å². The first kappa shape index (κ1) is 13.5. The van der Waals surface area contributed by atoms with Crippen LogP contribution < -0.4 is 0 Å². The van der Waals surface area contributed by atoms with E-state index in [0.717, 1.165) is 0 Å². The minimum absolute atomic E-state index is 0.154. The zero-order chi connectivity index (χ0) is 14.0. The van der Waals surface area contributed by atoms with Gasteiger partial charge in [0, 0.05) is 13.1 Å². The number of carbonyl (C=O) groups is 2. The Kier molecular flexibility index (Phi) is 3.83. The first-order chi connectivity index (χ1) is 9.02. The van der Waals surface area contributed by atoms with E-state index in [2.05, 4.69) is 0 Å². The van der Waals surface area contributed by atoms with Crippen LogP contribution in [0, 0.1) is 17.7 Å². The highest BCUT2D eigenvalue weighted by Crippen LogP contribution is 2.40. The molecular formula is C14H16FNO3. The number of halogens is 1. The smallest absolute Gasteiger partial charge is 0.307 e. The lowest BCUT2D eigenvalue weighted by molar-refractivity contribution is -0.142. The van der Waals surface area contributed by atoms with Crippen LogP contribution in [0.5, 0.6) is 0 Å². The minimum Gasteiger partial charge on any atom is -0.481 e. The first-order valence-electron chi connectivity index (χ1n) is 6.29. The van der Waals surface area contributed by atoms with Crippen LogP contribution >= 0.6 is 0 Å². The maximum atomic E-state index is 13.1. The highest BCUT2D eigenvalue weighted by Gasteiger charge is 2.49. The van der Waals surface area contributed by atoms with Crippen LogP contribution in [-0.4, -0.2) is 28.4 Å². The summed E-state index contributed by atoms with van der Waals surface area (Å²) in [5, 5.41) is 8.83. The molecule has 0 saturated heterocycles. The number of rotatable bonds is 5. The Hall–Kier alpha value is -1.91. The molecule has 19 heavy (non-hydrogen) atoms. The van der Waals surface area contributed by atoms with E-state index in [1.807, 2.05) is 6.92 Å². The summed E-state index contributed by atoms with van der Waals surface area (Å²) >= 11 is 0. The molecule has 1 amide bonds. The molecule has 0 bridgehead atoms. The summed E-state index contributed by atoms with van der Waals surface area (Å²) in [6.07, 6.45) is 0.411. The first-order valence-corrected chi connectivity index (χ1v) is 6.29. The lowest BCUT2D eigenvalue weighted by Crippen LogP contribution is -2.32. The Morgan fingerprint density at radius 3 is 2.68 bits per heavy atom. The maximum absolute atomic E-state index is 13.1. The summed E-state index contributed by atoms with van der Waals surface area (Å²) in [7, 11) is 0. The molecule has 1 aliphatic rings. The largest absolute Gasteiger partial charge is 0.481 e. The van der Waals surface area contributed by atoms with Crippen molar-refractivity contribution in [3.8, 4) is 0 Å². The van der Waals surface area contributed by atoms with Crippen LogP contribution in [0.2, 0.25) is 0 Å². The van der Waals surface area contributed by atoms with E-state index < -0.39 is 17.8 Å². The Balaban J connectivity index is 2.01. The summed E-state index contributed by atoms with van der Waals surface area (Å²) in [5.41, 5.74) is 0.711. The molecule has 1 N–H and O–H groups in total. The van der Waals surface area contributed by atoms with Crippen molar-refractivity contribution >= 4 is 11.9 Å². The second-order valence-electron chi connectivity index (χ2n) is 4.77. The molecule has 1 aromatic carbocycles. The van der Waals surface area contributed by atoms with Crippen molar-refractivity contribution in [2.45, 2.75) is 19.9 Å². The molecule has 4 nitrogen and oxygen atoms in total. The monoisotopic (exact) mass is 265 g/mol.